The summed E-state index contributed by atoms with van der Waals surface area (Å²) in [4.78, 5) is 33.8. The Morgan fingerprint density at radius 3 is 2.40 bits per heavy atom. The van der Waals surface area contributed by atoms with Crippen LogP contribution in [0.3, 0.4) is 0 Å². The van der Waals surface area contributed by atoms with Crippen LogP contribution in [0.2, 0.25) is 5.02 Å². The molecular formula is C40H35ClF8N8O5S. The van der Waals surface area contributed by atoms with Gasteiger partial charge in [0.25, 0.3) is 24.3 Å². The zero-order chi connectivity index (χ0) is 45.1. The molecule has 9 rings (SSSR count). The van der Waals surface area contributed by atoms with Gasteiger partial charge in [0.2, 0.25) is 15.9 Å². The lowest BCUT2D eigenvalue weighted by atomic mass is 9.76. The minimum absolute atomic E-state index is 0.00391. The second-order valence-electron chi connectivity index (χ2n) is 16.3. The summed E-state index contributed by atoms with van der Waals surface area (Å²) in [6.45, 7) is -0.876. The van der Waals surface area contributed by atoms with Crippen LogP contribution in [0.1, 0.15) is 43.6 Å². The maximum atomic E-state index is 15.8. The van der Waals surface area contributed by atoms with E-state index in [-0.39, 0.29) is 50.2 Å². The number of halogens is 9. The molecule has 334 valence electrons. The standard InChI is InChI=1S/C40H35ClF8N8O5S/c1-39-23-14-24(23)40(48,49)38(39)56(52-33(39)34(46)47)16-30(58)50-27(11-17-9-18(42)12-19(43)10-17)36-51-26-13-20(62-2)3-6-22(26)37(59)57(36)28-8-7-25(41)31-32(28)55(15-29(44)45)53-35(31)54-63(60,61)21-4-5-21/h3,6-10,12-13,21,23-24,27,29,34,38H,4-5,11,14-16H2,1-2H3,(H,50,58)(H,53,54)/t23?,24-,27?,38?,39?/m1/s1. The number of carbonyl (C=O) groups excluding carboxylic acids is 1. The largest absolute Gasteiger partial charge is 0.497 e. The van der Waals surface area contributed by atoms with Gasteiger partial charge in [-0.3, -0.25) is 28.6 Å². The summed E-state index contributed by atoms with van der Waals surface area (Å²) in [6.07, 6.45) is -6.20. The van der Waals surface area contributed by atoms with Crippen LogP contribution in [0.5, 0.6) is 5.75 Å². The highest BCUT2D eigenvalue weighted by molar-refractivity contribution is 7.93. The molecule has 3 aromatic carbocycles. The highest BCUT2D eigenvalue weighted by Gasteiger charge is 2.80. The molecule has 3 heterocycles. The molecule has 23 heteroatoms. The lowest BCUT2D eigenvalue weighted by Gasteiger charge is -2.35. The fraction of sp³-hybridized carbons (Fsp3) is 0.425. The molecular weight excluding hydrogens is 892 g/mol. The number of sulfonamides is 1. The first-order chi connectivity index (χ1) is 29.7. The number of benzene rings is 3. The molecule has 3 fully saturated rings. The van der Waals surface area contributed by atoms with Crippen molar-refractivity contribution in [1.29, 1.82) is 0 Å². The zero-order valence-electron chi connectivity index (χ0n) is 32.9. The Morgan fingerprint density at radius 2 is 1.75 bits per heavy atom. The third-order valence-electron chi connectivity index (χ3n) is 12.3. The molecule has 3 saturated carbocycles. The Balaban J connectivity index is 1.23. The van der Waals surface area contributed by atoms with Crippen LogP contribution >= 0.6 is 11.6 Å². The van der Waals surface area contributed by atoms with E-state index in [2.05, 4.69) is 20.2 Å². The number of hydrogen-bond acceptors (Lipinski definition) is 9. The molecule has 2 aromatic heterocycles. The fourth-order valence-electron chi connectivity index (χ4n) is 9.34. The average Bonchev–Trinajstić information content (AvgIpc) is 4.12. The van der Waals surface area contributed by atoms with Crippen molar-refractivity contribution in [2.24, 2.45) is 22.4 Å². The SMILES string of the molecule is COc1ccc2c(=O)n(-c3ccc(Cl)c4c(NS(=O)(=O)C5CC5)nn(CC(F)F)c34)c(C(Cc3cc(F)cc(F)c3)NC(=O)CN3N=C(C(F)F)C4(C)C5C[C@H]5C(F)(F)C34)nc2c1. The van der Waals surface area contributed by atoms with Gasteiger partial charge in [-0.25, -0.2) is 48.5 Å². The van der Waals surface area contributed by atoms with Gasteiger partial charge < -0.3 is 10.1 Å². The van der Waals surface area contributed by atoms with Crippen molar-refractivity contribution < 1.29 is 53.1 Å². The van der Waals surface area contributed by atoms with Crippen LogP contribution in [0.4, 0.5) is 40.9 Å². The summed E-state index contributed by atoms with van der Waals surface area (Å²) >= 11 is 6.63. The van der Waals surface area contributed by atoms with Crippen LogP contribution in [0.15, 0.2) is 58.4 Å². The normalized spacial score (nSPS) is 23.0. The number of aromatic nitrogens is 4. The van der Waals surface area contributed by atoms with E-state index in [1.165, 1.54) is 44.4 Å². The first-order valence-corrected chi connectivity index (χ1v) is 21.5. The number of hydrazone groups is 1. The summed E-state index contributed by atoms with van der Waals surface area (Å²) in [6, 6.07) is 5.45. The molecule has 5 aromatic rings. The van der Waals surface area contributed by atoms with Gasteiger partial charge in [0.15, 0.2) is 5.82 Å². The average molecular weight is 927 g/mol. The maximum Gasteiger partial charge on any atom is 0.278 e. The van der Waals surface area contributed by atoms with Crippen molar-refractivity contribution in [2.75, 3.05) is 18.4 Å². The molecule has 0 radical (unpaired) electrons. The molecule has 5 atom stereocenters. The number of ether oxygens (including phenoxy) is 1. The number of alkyl halides is 6. The van der Waals surface area contributed by atoms with Crippen molar-refractivity contribution in [3.05, 3.63) is 86.9 Å². The number of hydrogen-bond donors (Lipinski definition) is 2. The molecule has 63 heavy (non-hydrogen) atoms. The minimum atomic E-state index is -4.07. The summed E-state index contributed by atoms with van der Waals surface area (Å²) in [5.41, 5.74) is -4.16. The molecule has 0 spiro atoms. The first kappa shape index (κ1) is 42.8. The number of rotatable bonds is 14. The third-order valence-corrected chi connectivity index (χ3v) is 14.4. The van der Waals surface area contributed by atoms with Crippen LogP contribution in [-0.4, -0.2) is 88.1 Å². The second kappa shape index (κ2) is 15.1. The first-order valence-electron chi connectivity index (χ1n) is 19.6. The van der Waals surface area contributed by atoms with E-state index in [0.29, 0.717) is 23.9 Å². The number of carbonyl (C=O) groups is 1. The number of amides is 1. The molecule has 1 aliphatic heterocycles. The van der Waals surface area contributed by atoms with E-state index in [9.17, 15) is 44.3 Å². The molecule has 1 amide bonds. The highest BCUT2D eigenvalue weighted by Crippen LogP contribution is 2.71. The van der Waals surface area contributed by atoms with Crippen molar-refractivity contribution in [1.82, 2.24) is 29.7 Å². The lowest BCUT2D eigenvalue weighted by Crippen LogP contribution is -2.53. The van der Waals surface area contributed by atoms with Gasteiger partial charge in [0.05, 0.1) is 50.9 Å². The Labute approximate surface area is 357 Å². The number of anilines is 1. The predicted molar refractivity (Wildman–Crippen MR) is 213 cm³/mol. The summed E-state index contributed by atoms with van der Waals surface area (Å²) in [7, 11) is -2.74. The molecule has 3 aliphatic carbocycles. The van der Waals surface area contributed by atoms with E-state index < -0.39 is 123 Å². The minimum Gasteiger partial charge on any atom is -0.497 e. The van der Waals surface area contributed by atoms with Crippen LogP contribution < -0.4 is 20.3 Å². The Morgan fingerprint density at radius 1 is 1.03 bits per heavy atom. The van der Waals surface area contributed by atoms with Gasteiger partial charge in [-0.2, -0.15) is 10.2 Å². The van der Waals surface area contributed by atoms with Crippen molar-refractivity contribution in [3.63, 3.8) is 0 Å². The second-order valence-corrected chi connectivity index (χ2v) is 18.7. The number of nitrogens with zero attached hydrogens (tertiary/aromatic N) is 6. The van der Waals surface area contributed by atoms with Gasteiger partial charge in [-0.1, -0.05) is 18.5 Å². The smallest absolute Gasteiger partial charge is 0.278 e. The third kappa shape index (κ3) is 7.21. The Kier molecular flexibility index (Phi) is 10.2. The molecule has 13 nitrogen and oxygen atoms in total. The number of nitrogens with one attached hydrogen (secondary N) is 2. The Bertz CT molecular complexity index is 2910. The summed E-state index contributed by atoms with van der Waals surface area (Å²) in [5, 5.41) is 9.96. The van der Waals surface area contributed by atoms with Crippen LogP contribution in [-0.2, 0) is 27.8 Å². The maximum absolute atomic E-state index is 15.8. The molecule has 4 unspecified atom stereocenters. The molecule has 0 bridgehead atoms. The van der Waals surface area contributed by atoms with Crippen molar-refractivity contribution >= 4 is 60.9 Å². The van der Waals surface area contributed by atoms with E-state index >= 15 is 8.78 Å². The van der Waals surface area contributed by atoms with Crippen molar-refractivity contribution in [2.45, 2.75) is 75.3 Å². The van der Waals surface area contributed by atoms with Crippen molar-refractivity contribution in [3.8, 4) is 11.4 Å². The predicted octanol–water partition coefficient (Wildman–Crippen LogP) is 6.84. The summed E-state index contributed by atoms with van der Waals surface area (Å²) in [5.74, 6) is -9.33. The van der Waals surface area contributed by atoms with E-state index in [0.717, 1.165) is 21.4 Å². The topological polar surface area (TPSA) is 153 Å². The quantitative estimate of drug-likeness (QED) is 0.115. The Hall–Kier alpha value is -5.51. The fourth-order valence-corrected chi connectivity index (χ4v) is 10.9. The van der Waals surface area contributed by atoms with Crippen LogP contribution in [0, 0.1) is 28.9 Å². The highest BCUT2D eigenvalue weighted by atomic mass is 35.5. The molecule has 2 N–H and O–H groups in total. The number of methoxy groups -OCH3 is 1. The van der Waals surface area contributed by atoms with Gasteiger partial charge >= 0.3 is 0 Å². The number of fused-ring (bicyclic) bond motifs is 5. The van der Waals surface area contributed by atoms with E-state index in [1.54, 1.807) is 0 Å². The van der Waals surface area contributed by atoms with Crippen LogP contribution in [0.25, 0.3) is 27.5 Å². The molecule has 0 saturated heterocycles. The van der Waals surface area contributed by atoms with E-state index in [1.807, 2.05) is 0 Å². The van der Waals surface area contributed by atoms with Gasteiger partial charge in [-0.05, 0) is 67.1 Å². The van der Waals surface area contributed by atoms with Gasteiger partial charge in [0, 0.05) is 29.9 Å². The summed E-state index contributed by atoms with van der Waals surface area (Å²) < 4.78 is 154. The van der Waals surface area contributed by atoms with E-state index in [4.69, 9.17) is 21.3 Å². The lowest BCUT2D eigenvalue weighted by molar-refractivity contribution is -0.128. The zero-order valence-corrected chi connectivity index (χ0v) is 34.5. The molecule has 4 aliphatic rings. The van der Waals surface area contributed by atoms with Gasteiger partial charge in [0.1, 0.15) is 48.1 Å². The van der Waals surface area contributed by atoms with Gasteiger partial charge in [-0.15, -0.1) is 0 Å². The monoisotopic (exact) mass is 926 g/mol.